The first-order valence-corrected chi connectivity index (χ1v) is 8.42. The average molecular weight is 301 g/mol. The highest BCUT2D eigenvalue weighted by atomic mass is 32.2. The number of hydrogen-bond acceptors (Lipinski definition) is 5. The van der Waals surface area contributed by atoms with Gasteiger partial charge >= 0.3 is 0 Å². The predicted octanol–water partition coefficient (Wildman–Crippen LogP) is 1.10. The van der Waals surface area contributed by atoms with Crippen molar-refractivity contribution in [2.45, 2.75) is 38.2 Å². The molecule has 1 rings (SSSR count). The molecule has 0 saturated heterocycles. The Balaban J connectivity index is 2.58. The molecule has 2 atom stereocenters. The van der Waals surface area contributed by atoms with Gasteiger partial charge in [-0.25, -0.2) is 8.42 Å². The molecule has 1 aromatic rings. The van der Waals surface area contributed by atoms with Gasteiger partial charge in [0.1, 0.15) is 18.5 Å². The summed E-state index contributed by atoms with van der Waals surface area (Å²) in [4.78, 5) is 0. The van der Waals surface area contributed by atoms with Gasteiger partial charge in [-0.15, -0.1) is 0 Å². The second kappa shape index (κ2) is 7.61. The summed E-state index contributed by atoms with van der Waals surface area (Å²) in [6.07, 6.45) is -0.508. The first-order chi connectivity index (χ1) is 9.40. The Morgan fingerprint density at radius 3 is 2.60 bits per heavy atom. The maximum absolute atomic E-state index is 11.9. The molecular weight excluding hydrogens is 278 g/mol. The lowest BCUT2D eigenvalue weighted by Gasteiger charge is -2.16. The molecule has 2 unspecified atom stereocenters. The Kier molecular flexibility index (Phi) is 6.45. The minimum absolute atomic E-state index is 0.0628. The molecule has 0 radical (unpaired) electrons. The Bertz CT molecular complexity index is 516. The van der Waals surface area contributed by atoms with Gasteiger partial charge in [0.15, 0.2) is 9.84 Å². The minimum Gasteiger partial charge on any atom is -0.491 e. The largest absolute Gasteiger partial charge is 0.491 e. The van der Waals surface area contributed by atoms with Crippen molar-refractivity contribution in [3.05, 3.63) is 29.8 Å². The van der Waals surface area contributed by atoms with Gasteiger partial charge in [0.05, 0.1) is 11.0 Å². The zero-order chi connectivity index (χ0) is 15.2. The highest BCUT2D eigenvalue weighted by Gasteiger charge is 2.23. The molecule has 3 N–H and O–H groups in total. The number of sulfone groups is 1. The van der Waals surface area contributed by atoms with Gasteiger partial charge < -0.3 is 15.6 Å². The molecule has 5 nitrogen and oxygen atoms in total. The van der Waals surface area contributed by atoms with Crippen LogP contribution < -0.4 is 10.5 Å². The fraction of sp³-hybridized carbons (Fsp3) is 0.571. The van der Waals surface area contributed by atoms with Crippen LogP contribution in [0, 0.1) is 0 Å². The van der Waals surface area contributed by atoms with Gasteiger partial charge in [0.2, 0.25) is 0 Å². The first-order valence-electron chi connectivity index (χ1n) is 6.71. The molecule has 0 aliphatic rings. The van der Waals surface area contributed by atoms with Crippen LogP contribution in [0.25, 0.3) is 0 Å². The van der Waals surface area contributed by atoms with Gasteiger partial charge in [-0.1, -0.05) is 25.1 Å². The summed E-state index contributed by atoms with van der Waals surface area (Å²) in [5.74, 6) is 0.294. The average Bonchev–Trinajstić information content (AvgIpc) is 2.43. The van der Waals surface area contributed by atoms with E-state index in [2.05, 4.69) is 0 Å². The number of aliphatic hydroxyl groups excluding tert-OH is 1. The van der Waals surface area contributed by atoms with E-state index in [-0.39, 0.29) is 12.4 Å². The van der Waals surface area contributed by atoms with E-state index in [4.69, 9.17) is 10.5 Å². The Labute approximate surface area is 120 Å². The molecule has 0 fully saturated rings. The van der Waals surface area contributed by atoms with Crippen molar-refractivity contribution in [2.75, 3.05) is 12.4 Å². The van der Waals surface area contributed by atoms with E-state index in [0.29, 0.717) is 18.7 Å². The zero-order valence-electron chi connectivity index (χ0n) is 12.0. The highest BCUT2D eigenvalue weighted by Crippen LogP contribution is 2.17. The lowest BCUT2D eigenvalue weighted by atomic mass is 10.2. The standard InChI is InChI=1S/C14H23NO4S/c1-3-11(2)20(17,18)10-13(16)9-19-14-7-5-4-6-12(14)8-15/h4-7,11,13,16H,3,8-10,15H2,1-2H3. The SMILES string of the molecule is CCC(C)S(=O)(=O)CC(O)COc1ccccc1CN. The van der Waals surface area contributed by atoms with Gasteiger partial charge in [0, 0.05) is 12.1 Å². The molecule has 0 heterocycles. The van der Waals surface area contributed by atoms with Crippen molar-refractivity contribution in [1.82, 2.24) is 0 Å². The molecule has 20 heavy (non-hydrogen) atoms. The Morgan fingerprint density at radius 2 is 2.00 bits per heavy atom. The van der Waals surface area contributed by atoms with Crippen molar-refractivity contribution < 1.29 is 18.3 Å². The van der Waals surface area contributed by atoms with E-state index < -0.39 is 21.2 Å². The summed E-state index contributed by atoms with van der Waals surface area (Å²) in [7, 11) is -3.28. The Hall–Kier alpha value is -1.11. The highest BCUT2D eigenvalue weighted by molar-refractivity contribution is 7.92. The monoisotopic (exact) mass is 301 g/mol. The molecular formula is C14H23NO4S. The third-order valence-electron chi connectivity index (χ3n) is 3.24. The maximum Gasteiger partial charge on any atom is 0.155 e. The van der Waals surface area contributed by atoms with E-state index >= 15 is 0 Å². The smallest absolute Gasteiger partial charge is 0.155 e. The van der Waals surface area contributed by atoms with Gasteiger partial charge in [-0.05, 0) is 19.4 Å². The molecule has 0 aromatic heterocycles. The molecule has 0 spiro atoms. The van der Waals surface area contributed by atoms with Gasteiger partial charge in [0.25, 0.3) is 0 Å². The predicted molar refractivity (Wildman–Crippen MR) is 79.4 cm³/mol. The number of ether oxygens (including phenoxy) is 1. The third kappa shape index (κ3) is 4.77. The fourth-order valence-corrected chi connectivity index (χ4v) is 3.20. The molecule has 6 heteroatoms. The van der Waals surface area contributed by atoms with Crippen LogP contribution in [0.2, 0.25) is 0 Å². The van der Waals surface area contributed by atoms with Crippen molar-refractivity contribution in [3.63, 3.8) is 0 Å². The van der Waals surface area contributed by atoms with Crippen molar-refractivity contribution in [1.29, 1.82) is 0 Å². The Morgan fingerprint density at radius 1 is 1.35 bits per heavy atom. The molecule has 0 aliphatic heterocycles. The second-order valence-electron chi connectivity index (χ2n) is 4.83. The van der Waals surface area contributed by atoms with Crippen LogP contribution >= 0.6 is 0 Å². The van der Waals surface area contributed by atoms with Crippen molar-refractivity contribution in [2.24, 2.45) is 5.73 Å². The summed E-state index contributed by atoms with van der Waals surface area (Å²) in [6.45, 7) is 3.72. The van der Waals surface area contributed by atoms with Crippen LogP contribution in [0.5, 0.6) is 5.75 Å². The van der Waals surface area contributed by atoms with Gasteiger partial charge in [-0.3, -0.25) is 0 Å². The van der Waals surface area contributed by atoms with E-state index in [9.17, 15) is 13.5 Å². The normalized spacial score (nSPS) is 14.8. The first kappa shape index (κ1) is 16.9. The zero-order valence-corrected chi connectivity index (χ0v) is 12.8. The quantitative estimate of drug-likeness (QED) is 0.750. The van der Waals surface area contributed by atoms with Crippen LogP contribution in [0.1, 0.15) is 25.8 Å². The van der Waals surface area contributed by atoms with E-state index in [1.807, 2.05) is 19.1 Å². The summed E-state index contributed by atoms with van der Waals surface area (Å²) in [5.41, 5.74) is 6.40. The lowest BCUT2D eigenvalue weighted by molar-refractivity contribution is 0.124. The van der Waals surface area contributed by atoms with Crippen LogP contribution in [0.15, 0.2) is 24.3 Å². The van der Waals surface area contributed by atoms with E-state index in [1.165, 1.54) is 0 Å². The summed E-state index contributed by atoms with van der Waals surface area (Å²) in [5, 5.41) is 9.37. The lowest BCUT2D eigenvalue weighted by Crippen LogP contribution is -2.32. The molecule has 114 valence electrons. The molecule has 0 bridgehead atoms. The molecule has 0 saturated carbocycles. The van der Waals surface area contributed by atoms with Crippen molar-refractivity contribution >= 4 is 9.84 Å². The topological polar surface area (TPSA) is 89.6 Å². The fourth-order valence-electron chi connectivity index (χ4n) is 1.73. The maximum atomic E-state index is 11.9. The number of hydrogen-bond donors (Lipinski definition) is 2. The van der Waals surface area contributed by atoms with Crippen LogP contribution in [-0.2, 0) is 16.4 Å². The molecule has 1 aromatic carbocycles. The van der Waals surface area contributed by atoms with Crippen LogP contribution in [0.3, 0.4) is 0 Å². The van der Waals surface area contributed by atoms with E-state index in [1.54, 1.807) is 19.1 Å². The number of benzene rings is 1. The number of para-hydroxylation sites is 1. The summed E-state index contributed by atoms with van der Waals surface area (Å²) < 4.78 is 29.2. The van der Waals surface area contributed by atoms with Crippen molar-refractivity contribution in [3.8, 4) is 5.75 Å². The number of rotatable bonds is 8. The summed E-state index contributed by atoms with van der Waals surface area (Å²) in [6, 6.07) is 7.23. The van der Waals surface area contributed by atoms with Gasteiger partial charge in [-0.2, -0.15) is 0 Å². The third-order valence-corrected chi connectivity index (χ3v) is 5.65. The number of aliphatic hydroxyl groups is 1. The minimum atomic E-state index is -3.28. The van der Waals surface area contributed by atoms with Crippen LogP contribution in [-0.4, -0.2) is 37.2 Å². The molecule has 0 aliphatic carbocycles. The second-order valence-corrected chi connectivity index (χ2v) is 7.29. The molecule has 0 amide bonds. The summed E-state index contributed by atoms with van der Waals surface area (Å²) >= 11 is 0. The number of nitrogens with two attached hydrogens (primary N) is 1. The van der Waals surface area contributed by atoms with E-state index in [0.717, 1.165) is 5.56 Å². The van der Waals surface area contributed by atoms with Crippen LogP contribution in [0.4, 0.5) is 0 Å².